The number of nitrogens with one attached hydrogen (secondary N) is 1. The van der Waals surface area contributed by atoms with Gasteiger partial charge in [0, 0.05) is 20.3 Å². The molecule has 6 heterocycles. The molecule has 0 saturated carbocycles. The third-order valence-electron chi connectivity index (χ3n) is 6.32. The number of hydrogen-bond acceptors (Lipinski definition) is 9. The smallest absolute Gasteiger partial charge is 0.229 e. The number of aryl methyl sites for hydroxylation is 1. The first-order valence-electron chi connectivity index (χ1n) is 10.2. The Balaban J connectivity index is 1.38. The van der Waals surface area contributed by atoms with Crippen molar-refractivity contribution in [2.24, 2.45) is 4.99 Å². The summed E-state index contributed by atoms with van der Waals surface area (Å²) in [5.74, 6) is 2.42. The zero-order valence-electron chi connectivity index (χ0n) is 17.0. The molecular weight excluding hydrogens is 382 g/mol. The number of aromatic nitrogens is 5. The number of hydrogen-bond donors (Lipinski definition) is 1. The molecule has 154 valence electrons. The Kier molecular flexibility index (Phi) is 3.73. The van der Waals surface area contributed by atoms with Crippen molar-refractivity contribution in [3.05, 3.63) is 30.4 Å². The van der Waals surface area contributed by atoms with E-state index in [4.69, 9.17) is 14.7 Å². The molecule has 3 aromatic rings. The van der Waals surface area contributed by atoms with Gasteiger partial charge in [-0.1, -0.05) is 0 Å². The first-order valence-corrected chi connectivity index (χ1v) is 10.2. The summed E-state index contributed by atoms with van der Waals surface area (Å²) in [6.45, 7) is 4.38. The Morgan fingerprint density at radius 2 is 2.13 bits per heavy atom. The predicted octanol–water partition coefficient (Wildman–Crippen LogP) is 2.14. The number of pyridine rings is 1. The summed E-state index contributed by atoms with van der Waals surface area (Å²) in [5, 5.41) is 7.58. The minimum atomic E-state index is -0.0630. The van der Waals surface area contributed by atoms with Gasteiger partial charge in [-0.3, -0.25) is 4.90 Å². The van der Waals surface area contributed by atoms with E-state index in [1.54, 1.807) is 10.8 Å². The van der Waals surface area contributed by atoms with Crippen molar-refractivity contribution in [2.45, 2.75) is 31.7 Å². The largest absolute Gasteiger partial charge is 0.381 e. The van der Waals surface area contributed by atoms with Gasteiger partial charge in [0.05, 0.1) is 30.2 Å². The van der Waals surface area contributed by atoms with Crippen LogP contribution in [0.25, 0.3) is 5.65 Å². The third-order valence-corrected chi connectivity index (χ3v) is 6.32. The van der Waals surface area contributed by atoms with Crippen molar-refractivity contribution in [1.82, 2.24) is 24.6 Å². The maximum atomic E-state index is 5.74. The van der Waals surface area contributed by atoms with Crippen molar-refractivity contribution in [2.75, 3.05) is 41.9 Å². The number of nitrogens with zero attached hydrogens (tertiary/aromatic N) is 8. The van der Waals surface area contributed by atoms with Crippen molar-refractivity contribution < 1.29 is 4.74 Å². The highest BCUT2D eigenvalue weighted by atomic mass is 16.5. The van der Waals surface area contributed by atoms with Crippen LogP contribution < -0.4 is 15.1 Å². The van der Waals surface area contributed by atoms with Gasteiger partial charge < -0.3 is 15.0 Å². The number of fused-ring (bicyclic) bond motifs is 5. The highest BCUT2D eigenvalue weighted by Crippen LogP contribution is 2.45. The molecule has 30 heavy (non-hydrogen) atoms. The Morgan fingerprint density at radius 1 is 1.20 bits per heavy atom. The fraction of sp³-hybridized carbons (Fsp3) is 0.450. The van der Waals surface area contributed by atoms with E-state index in [-0.39, 0.29) is 5.54 Å². The fourth-order valence-corrected chi connectivity index (χ4v) is 4.67. The molecule has 0 unspecified atom stereocenters. The molecule has 0 aromatic carbocycles. The molecule has 1 atom stereocenters. The minimum absolute atomic E-state index is 0.0630. The van der Waals surface area contributed by atoms with Crippen molar-refractivity contribution >= 4 is 34.7 Å². The van der Waals surface area contributed by atoms with E-state index < -0.39 is 0 Å². The number of guanidine groups is 1. The Bertz CT molecular complexity index is 1160. The molecule has 0 amide bonds. The van der Waals surface area contributed by atoms with Crippen LogP contribution in [0.2, 0.25) is 0 Å². The molecule has 3 aliphatic heterocycles. The lowest BCUT2D eigenvalue weighted by molar-refractivity contribution is 0.140. The van der Waals surface area contributed by atoms with E-state index in [2.05, 4.69) is 30.2 Å². The Labute approximate surface area is 173 Å². The van der Waals surface area contributed by atoms with Crippen LogP contribution in [0.4, 0.5) is 23.1 Å². The molecule has 0 bridgehead atoms. The highest BCUT2D eigenvalue weighted by Gasteiger charge is 2.50. The predicted molar refractivity (Wildman–Crippen MR) is 114 cm³/mol. The normalized spacial score (nSPS) is 22.9. The van der Waals surface area contributed by atoms with Gasteiger partial charge in [-0.15, -0.1) is 0 Å². The van der Waals surface area contributed by atoms with E-state index in [9.17, 15) is 0 Å². The standard InChI is InChI=1S/C20H23N9O/c1-13-8-16-23-12-24-28(16)10-14(13)25-18-21-9-15-17(26-18)29-19(27(15)2)22-11-20(29)4-3-6-30-7-5-20/h8-10,12H,3-7,11H2,1-2H3,(H,21,25,26)/t20-/m1/s1. The molecule has 1 saturated heterocycles. The van der Waals surface area contributed by atoms with E-state index in [0.29, 0.717) is 5.95 Å². The average molecular weight is 405 g/mol. The fourth-order valence-electron chi connectivity index (χ4n) is 4.67. The topological polar surface area (TPSA) is 96.1 Å². The first kappa shape index (κ1) is 17.6. The molecule has 3 aliphatic rings. The number of ether oxygens (including phenoxy) is 1. The summed E-state index contributed by atoms with van der Waals surface area (Å²) in [6.07, 6.45) is 8.35. The lowest BCUT2D eigenvalue weighted by Crippen LogP contribution is -2.50. The van der Waals surface area contributed by atoms with Crippen LogP contribution in [-0.4, -0.2) is 62.9 Å². The maximum Gasteiger partial charge on any atom is 0.229 e. The zero-order valence-corrected chi connectivity index (χ0v) is 17.0. The van der Waals surface area contributed by atoms with Crippen LogP contribution in [-0.2, 0) is 4.74 Å². The van der Waals surface area contributed by atoms with Gasteiger partial charge in [-0.2, -0.15) is 10.1 Å². The van der Waals surface area contributed by atoms with Crippen LogP contribution in [0.15, 0.2) is 29.8 Å². The summed E-state index contributed by atoms with van der Waals surface area (Å²) in [6, 6.07) is 1.99. The van der Waals surface area contributed by atoms with Gasteiger partial charge in [0.2, 0.25) is 11.9 Å². The van der Waals surface area contributed by atoms with Crippen molar-refractivity contribution in [1.29, 1.82) is 0 Å². The van der Waals surface area contributed by atoms with Crippen LogP contribution in [0.5, 0.6) is 0 Å². The van der Waals surface area contributed by atoms with Crippen LogP contribution >= 0.6 is 0 Å². The van der Waals surface area contributed by atoms with Crippen molar-refractivity contribution in [3.63, 3.8) is 0 Å². The second kappa shape index (κ2) is 6.36. The Morgan fingerprint density at radius 3 is 3.07 bits per heavy atom. The number of aliphatic imine (C=N–C) groups is 1. The molecule has 10 heteroatoms. The van der Waals surface area contributed by atoms with E-state index in [1.807, 2.05) is 32.4 Å². The van der Waals surface area contributed by atoms with Crippen LogP contribution in [0.1, 0.15) is 24.8 Å². The first-order chi connectivity index (χ1) is 14.6. The summed E-state index contributed by atoms with van der Waals surface area (Å²) < 4.78 is 7.48. The van der Waals surface area contributed by atoms with Gasteiger partial charge in [-0.25, -0.2) is 19.5 Å². The van der Waals surface area contributed by atoms with E-state index in [0.717, 1.165) is 73.4 Å². The second-order valence-electron chi connectivity index (χ2n) is 8.16. The maximum absolute atomic E-state index is 5.74. The zero-order chi connectivity index (χ0) is 20.3. The molecule has 10 nitrogen and oxygen atoms in total. The average Bonchev–Trinajstić information content (AvgIpc) is 3.35. The van der Waals surface area contributed by atoms with Gasteiger partial charge in [0.15, 0.2) is 11.5 Å². The minimum Gasteiger partial charge on any atom is -0.381 e. The van der Waals surface area contributed by atoms with E-state index >= 15 is 0 Å². The summed E-state index contributed by atoms with van der Waals surface area (Å²) in [5.41, 5.74) is 3.67. The molecule has 3 aromatic heterocycles. The third kappa shape index (κ3) is 2.49. The SMILES string of the molecule is Cc1cc2ncnn2cc1Nc1ncc2c(n1)N1C(=NC[C@]13CCCOCC3)N2C. The molecule has 6 rings (SSSR count). The van der Waals surface area contributed by atoms with Gasteiger partial charge in [-0.05, 0) is 37.8 Å². The van der Waals surface area contributed by atoms with Gasteiger partial charge in [0.25, 0.3) is 0 Å². The highest BCUT2D eigenvalue weighted by molar-refractivity contribution is 6.17. The lowest BCUT2D eigenvalue weighted by atomic mass is 9.90. The molecular formula is C20H23N9O. The summed E-state index contributed by atoms with van der Waals surface area (Å²) in [7, 11) is 2.03. The van der Waals surface area contributed by atoms with Gasteiger partial charge in [0.1, 0.15) is 12.0 Å². The quantitative estimate of drug-likeness (QED) is 0.693. The lowest BCUT2D eigenvalue weighted by Gasteiger charge is -2.35. The summed E-state index contributed by atoms with van der Waals surface area (Å²) in [4.78, 5) is 23.0. The van der Waals surface area contributed by atoms with Crippen LogP contribution in [0, 0.1) is 6.92 Å². The monoisotopic (exact) mass is 405 g/mol. The second-order valence-corrected chi connectivity index (χ2v) is 8.16. The van der Waals surface area contributed by atoms with Crippen molar-refractivity contribution in [3.8, 4) is 0 Å². The summed E-state index contributed by atoms with van der Waals surface area (Å²) >= 11 is 0. The Hall–Kier alpha value is -3.27. The molecule has 0 radical (unpaired) electrons. The number of anilines is 4. The molecule has 1 N–H and O–H groups in total. The molecule has 0 aliphatic carbocycles. The number of rotatable bonds is 2. The van der Waals surface area contributed by atoms with Gasteiger partial charge >= 0.3 is 0 Å². The van der Waals surface area contributed by atoms with E-state index in [1.165, 1.54) is 0 Å². The molecule has 1 fully saturated rings. The molecule has 1 spiro atoms. The van der Waals surface area contributed by atoms with Crippen LogP contribution in [0.3, 0.4) is 0 Å².